The molecule has 1 aromatic carbocycles. The fraction of sp³-hybridized carbons (Fsp3) is 0.312. The third-order valence-corrected chi connectivity index (χ3v) is 2.53. The summed E-state index contributed by atoms with van der Waals surface area (Å²) in [5.74, 6) is 1.24. The molecular weight excluding hydrogens is 295 g/mol. The molecule has 0 atom stereocenters. The summed E-state index contributed by atoms with van der Waals surface area (Å²) in [6, 6.07) is 8.90. The van der Waals surface area contributed by atoms with E-state index in [0.29, 0.717) is 11.5 Å². The molecule has 0 bridgehead atoms. The number of aromatic nitrogens is 1. The summed E-state index contributed by atoms with van der Waals surface area (Å²) in [5, 5.41) is 0. The highest BCUT2D eigenvalue weighted by atomic mass is 19.4. The van der Waals surface area contributed by atoms with E-state index in [9.17, 15) is 13.2 Å². The average molecular weight is 311 g/mol. The second-order valence-corrected chi connectivity index (χ2v) is 5.67. The van der Waals surface area contributed by atoms with Crippen LogP contribution in [0, 0.1) is 0 Å². The number of pyridine rings is 1. The number of rotatable bonds is 3. The first-order valence-corrected chi connectivity index (χ1v) is 6.64. The molecule has 6 heteroatoms. The standard InChI is InChI=1S/C16H16F3NO2/c1-15(2,3)22-13-7-5-12(6-8-13)21-14-9-4-11(10-20-14)16(17,18)19/h4-10H,1-3H3. The van der Waals surface area contributed by atoms with E-state index < -0.39 is 11.7 Å². The Balaban J connectivity index is 2.05. The van der Waals surface area contributed by atoms with Gasteiger partial charge in [0.25, 0.3) is 0 Å². The minimum atomic E-state index is -4.41. The van der Waals surface area contributed by atoms with Gasteiger partial charge in [-0.15, -0.1) is 0 Å². The first-order valence-electron chi connectivity index (χ1n) is 6.64. The number of halogens is 3. The molecule has 3 nitrogen and oxygen atoms in total. The highest BCUT2D eigenvalue weighted by molar-refractivity contribution is 5.34. The van der Waals surface area contributed by atoms with Crippen molar-refractivity contribution < 1.29 is 22.6 Å². The summed E-state index contributed by atoms with van der Waals surface area (Å²) in [6.45, 7) is 5.80. The fourth-order valence-corrected chi connectivity index (χ4v) is 1.66. The van der Waals surface area contributed by atoms with Gasteiger partial charge in [-0.1, -0.05) is 0 Å². The van der Waals surface area contributed by atoms with Gasteiger partial charge in [0, 0.05) is 12.3 Å². The summed E-state index contributed by atoms with van der Waals surface area (Å²) in [7, 11) is 0. The zero-order valence-corrected chi connectivity index (χ0v) is 12.4. The van der Waals surface area contributed by atoms with Crippen molar-refractivity contribution in [1.29, 1.82) is 0 Å². The maximum atomic E-state index is 12.4. The second kappa shape index (κ2) is 5.87. The van der Waals surface area contributed by atoms with Crippen molar-refractivity contribution >= 4 is 0 Å². The summed E-state index contributed by atoms with van der Waals surface area (Å²) in [6.07, 6.45) is -3.66. The van der Waals surface area contributed by atoms with Gasteiger partial charge in [-0.3, -0.25) is 0 Å². The minimum absolute atomic E-state index is 0.0949. The van der Waals surface area contributed by atoms with Crippen molar-refractivity contribution in [1.82, 2.24) is 4.98 Å². The SMILES string of the molecule is CC(C)(C)Oc1ccc(Oc2ccc(C(F)(F)F)cn2)cc1. The molecule has 0 spiro atoms. The van der Waals surface area contributed by atoms with Crippen LogP contribution in [0.25, 0.3) is 0 Å². The maximum absolute atomic E-state index is 12.4. The molecular formula is C16H16F3NO2. The summed E-state index contributed by atoms with van der Waals surface area (Å²) >= 11 is 0. The summed E-state index contributed by atoms with van der Waals surface area (Å²) in [4.78, 5) is 3.65. The molecule has 0 radical (unpaired) electrons. The Labute approximate surface area is 126 Å². The quantitative estimate of drug-likeness (QED) is 0.793. The van der Waals surface area contributed by atoms with Gasteiger partial charge in [-0.05, 0) is 51.1 Å². The number of hydrogen-bond acceptors (Lipinski definition) is 3. The van der Waals surface area contributed by atoms with Gasteiger partial charge in [-0.25, -0.2) is 4.98 Å². The lowest BCUT2D eigenvalue weighted by molar-refractivity contribution is -0.137. The third kappa shape index (κ3) is 4.65. The summed E-state index contributed by atoms with van der Waals surface area (Å²) in [5.41, 5.74) is -1.12. The zero-order chi connectivity index (χ0) is 16.4. The van der Waals surface area contributed by atoms with E-state index in [1.807, 2.05) is 20.8 Å². The molecule has 0 saturated carbocycles. The van der Waals surface area contributed by atoms with E-state index >= 15 is 0 Å². The van der Waals surface area contributed by atoms with Crippen LogP contribution in [-0.4, -0.2) is 10.6 Å². The minimum Gasteiger partial charge on any atom is -0.488 e. The number of benzene rings is 1. The number of alkyl halides is 3. The predicted octanol–water partition coefficient (Wildman–Crippen LogP) is 5.07. The van der Waals surface area contributed by atoms with Crippen LogP contribution in [-0.2, 0) is 6.18 Å². The van der Waals surface area contributed by atoms with Crippen molar-refractivity contribution in [3.8, 4) is 17.4 Å². The lowest BCUT2D eigenvalue weighted by atomic mass is 10.2. The Kier molecular flexibility index (Phi) is 4.30. The van der Waals surface area contributed by atoms with Gasteiger partial charge < -0.3 is 9.47 Å². The molecule has 2 aromatic rings. The van der Waals surface area contributed by atoms with Crippen LogP contribution in [0.2, 0.25) is 0 Å². The molecule has 1 heterocycles. The number of nitrogens with zero attached hydrogens (tertiary/aromatic N) is 1. The van der Waals surface area contributed by atoms with Crippen molar-refractivity contribution in [2.24, 2.45) is 0 Å². The van der Waals surface area contributed by atoms with Crippen LogP contribution >= 0.6 is 0 Å². The van der Waals surface area contributed by atoms with Gasteiger partial charge in [0.1, 0.15) is 17.1 Å². The van der Waals surface area contributed by atoms with E-state index in [0.717, 1.165) is 12.3 Å². The highest BCUT2D eigenvalue weighted by Gasteiger charge is 2.30. The zero-order valence-electron chi connectivity index (χ0n) is 12.4. The molecule has 0 aliphatic rings. The van der Waals surface area contributed by atoms with Gasteiger partial charge in [-0.2, -0.15) is 13.2 Å². The van der Waals surface area contributed by atoms with Crippen LogP contribution < -0.4 is 9.47 Å². The Morgan fingerprint density at radius 3 is 1.91 bits per heavy atom. The van der Waals surface area contributed by atoms with Crippen LogP contribution in [0.1, 0.15) is 26.3 Å². The molecule has 0 aliphatic carbocycles. The Hall–Kier alpha value is -2.24. The first-order chi connectivity index (χ1) is 10.1. The molecule has 2 rings (SSSR count). The second-order valence-electron chi connectivity index (χ2n) is 5.67. The lowest BCUT2D eigenvalue weighted by Crippen LogP contribution is -2.22. The largest absolute Gasteiger partial charge is 0.488 e. The summed E-state index contributed by atoms with van der Waals surface area (Å²) < 4.78 is 48.4. The smallest absolute Gasteiger partial charge is 0.417 e. The molecule has 0 aliphatic heterocycles. The van der Waals surface area contributed by atoms with Crippen molar-refractivity contribution in [2.75, 3.05) is 0 Å². The van der Waals surface area contributed by atoms with Gasteiger partial charge >= 0.3 is 6.18 Å². The predicted molar refractivity (Wildman–Crippen MR) is 76.1 cm³/mol. The van der Waals surface area contributed by atoms with Crippen molar-refractivity contribution in [3.05, 3.63) is 48.2 Å². The third-order valence-electron chi connectivity index (χ3n) is 2.53. The van der Waals surface area contributed by atoms with Crippen LogP contribution in [0.3, 0.4) is 0 Å². The molecule has 0 amide bonds. The van der Waals surface area contributed by atoms with Gasteiger partial charge in [0.2, 0.25) is 5.88 Å². The lowest BCUT2D eigenvalue weighted by Gasteiger charge is -2.21. The molecule has 0 unspecified atom stereocenters. The van der Waals surface area contributed by atoms with Gasteiger partial charge in [0.15, 0.2) is 0 Å². The van der Waals surface area contributed by atoms with Crippen LogP contribution in [0.5, 0.6) is 17.4 Å². The molecule has 118 valence electrons. The molecule has 0 fully saturated rings. The van der Waals surface area contributed by atoms with Crippen molar-refractivity contribution in [2.45, 2.75) is 32.5 Å². The fourth-order valence-electron chi connectivity index (χ4n) is 1.66. The van der Waals surface area contributed by atoms with Crippen LogP contribution in [0.15, 0.2) is 42.6 Å². The van der Waals surface area contributed by atoms with E-state index in [1.54, 1.807) is 24.3 Å². The molecule has 1 aromatic heterocycles. The van der Waals surface area contributed by atoms with Gasteiger partial charge in [0.05, 0.1) is 5.56 Å². The molecule has 0 saturated heterocycles. The van der Waals surface area contributed by atoms with Crippen LogP contribution in [0.4, 0.5) is 13.2 Å². The van der Waals surface area contributed by atoms with E-state index in [4.69, 9.17) is 9.47 Å². The monoisotopic (exact) mass is 311 g/mol. The number of ether oxygens (including phenoxy) is 2. The maximum Gasteiger partial charge on any atom is 0.417 e. The molecule has 0 N–H and O–H groups in total. The Morgan fingerprint density at radius 1 is 0.864 bits per heavy atom. The normalized spacial score (nSPS) is 12.1. The topological polar surface area (TPSA) is 31.4 Å². The van der Waals surface area contributed by atoms with Crippen molar-refractivity contribution in [3.63, 3.8) is 0 Å². The van der Waals surface area contributed by atoms with E-state index in [1.165, 1.54) is 6.07 Å². The molecule has 22 heavy (non-hydrogen) atoms. The van der Waals surface area contributed by atoms with E-state index in [-0.39, 0.29) is 11.5 Å². The van der Waals surface area contributed by atoms with E-state index in [2.05, 4.69) is 4.98 Å². The number of hydrogen-bond donors (Lipinski definition) is 0. The Bertz CT molecular complexity index is 614. The average Bonchev–Trinajstić information content (AvgIpc) is 2.39. The highest BCUT2D eigenvalue weighted by Crippen LogP contribution is 2.30. The first kappa shape index (κ1) is 16.1. The Morgan fingerprint density at radius 2 is 1.45 bits per heavy atom.